The molecule has 40 heavy (non-hydrogen) atoms. The van der Waals surface area contributed by atoms with Gasteiger partial charge in [-0.1, -0.05) is 61.5 Å². The number of aliphatic hydroxyl groups is 1. The van der Waals surface area contributed by atoms with E-state index in [1.165, 1.54) is 0 Å². The molecule has 1 N–H and O–H groups in total. The van der Waals surface area contributed by atoms with E-state index in [9.17, 15) is 14.7 Å². The molecular formula is C33H36N2O5. The van der Waals surface area contributed by atoms with Crippen LogP contribution >= 0.6 is 0 Å². The zero-order valence-corrected chi connectivity index (χ0v) is 23.1. The molecule has 7 nitrogen and oxygen atoms in total. The Morgan fingerprint density at radius 3 is 2.35 bits per heavy atom. The highest BCUT2D eigenvalue weighted by Gasteiger charge is 2.46. The fourth-order valence-corrected chi connectivity index (χ4v) is 5.34. The van der Waals surface area contributed by atoms with Crippen molar-refractivity contribution in [2.75, 3.05) is 39.4 Å². The van der Waals surface area contributed by atoms with E-state index in [0.717, 1.165) is 41.8 Å². The zero-order valence-electron chi connectivity index (χ0n) is 23.1. The van der Waals surface area contributed by atoms with Crippen molar-refractivity contribution in [3.05, 3.63) is 106 Å². The first-order chi connectivity index (χ1) is 19.5. The maximum atomic E-state index is 13.5. The summed E-state index contributed by atoms with van der Waals surface area (Å²) < 4.78 is 11.4. The number of ether oxygens (including phenoxy) is 2. The first kappa shape index (κ1) is 27.6. The molecule has 2 saturated heterocycles. The molecule has 1 atom stereocenters. The Bertz CT molecular complexity index is 1380. The Labute approximate surface area is 235 Å². The van der Waals surface area contributed by atoms with E-state index in [1.54, 1.807) is 17.0 Å². The number of rotatable bonds is 9. The summed E-state index contributed by atoms with van der Waals surface area (Å²) in [5.41, 5.74) is 4.41. The van der Waals surface area contributed by atoms with E-state index >= 15 is 0 Å². The van der Waals surface area contributed by atoms with Crippen LogP contribution in [0.15, 0.2) is 78.4 Å². The van der Waals surface area contributed by atoms with Crippen LogP contribution < -0.4 is 4.74 Å². The van der Waals surface area contributed by atoms with Crippen LogP contribution in [0.1, 0.15) is 40.8 Å². The first-order valence-electron chi connectivity index (χ1n) is 13.9. The SMILES string of the molecule is CCc1ccc([C@@H]2C(=C(O)c3ccc(OCc4ccccc4)cc3C)C(=O)C(=O)N2CCN2CCOCC2)cc1. The Kier molecular flexibility index (Phi) is 8.63. The minimum Gasteiger partial charge on any atom is -0.507 e. The van der Waals surface area contributed by atoms with Crippen LogP contribution in [0.3, 0.4) is 0 Å². The number of aliphatic hydroxyl groups excluding tert-OH is 1. The third-order valence-electron chi connectivity index (χ3n) is 7.71. The van der Waals surface area contributed by atoms with Crippen LogP contribution in [0, 0.1) is 6.92 Å². The van der Waals surface area contributed by atoms with Crippen molar-refractivity contribution in [1.29, 1.82) is 0 Å². The predicted octanol–water partition coefficient (Wildman–Crippen LogP) is 4.89. The van der Waals surface area contributed by atoms with E-state index in [4.69, 9.17) is 9.47 Å². The molecule has 0 spiro atoms. The fraction of sp³-hybridized carbons (Fsp3) is 0.333. The highest BCUT2D eigenvalue weighted by atomic mass is 16.5. The smallest absolute Gasteiger partial charge is 0.295 e. The van der Waals surface area contributed by atoms with Gasteiger partial charge in [-0.15, -0.1) is 0 Å². The van der Waals surface area contributed by atoms with Gasteiger partial charge in [-0.25, -0.2) is 0 Å². The molecule has 3 aromatic carbocycles. The van der Waals surface area contributed by atoms with Crippen molar-refractivity contribution < 1.29 is 24.2 Å². The summed E-state index contributed by atoms with van der Waals surface area (Å²) >= 11 is 0. The molecule has 7 heteroatoms. The largest absolute Gasteiger partial charge is 0.507 e. The van der Waals surface area contributed by atoms with Crippen LogP contribution in [-0.2, 0) is 27.4 Å². The van der Waals surface area contributed by atoms with Crippen molar-refractivity contribution in [3.8, 4) is 5.75 Å². The minimum absolute atomic E-state index is 0.122. The van der Waals surface area contributed by atoms with E-state index in [-0.39, 0.29) is 11.3 Å². The summed E-state index contributed by atoms with van der Waals surface area (Å²) in [5, 5.41) is 11.6. The Morgan fingerprint density at radius 1 is 0.950 bits per heavy atom. The molecule has 208 valence electrons. The average Bonchev–Trinajstić information content (AvgIpc) is 3.25. The summed E-state index contributed by atoms with van der Waals surface area (Å²) in [5.74, 6) is -0.743. The molecule has 0 bridgehead atoms. The van der Waals surface area contributed by atoms with Crippen molar-refractivity contribution in [1.82, 2.24) is 9.80 Å². The molecule has 0 aliphatic carbocycles. The highest BCUT2D eigenvalue weighted by molar-refractivity contribution is 6.46. The lowest BCUT2D eigenvalue weighted by molar-refractivity contribution is -0.140. The third kappa shape index (κ3) is 5.96. The second-order valence-corrected chi connectivity index (χ2v) is 10.3. The van der Waals surface area contributed by atoms with Gasteiger partial charge in [-0.3, -0.25) is 14.5 Å². The molecule has 2 fully saturated rings. The van der Waals surface area contributed by atoms with Gasteiger partial charge in [0.25, 0.3) is 11.7 Å². The Morgan fingerprint density at radius 2 is 1.68 bits per heavy atom. The average molecular weight is 541 g/mol. The molecule has 1 amide bonds. The molecule has 3 aromatic rings. The quantitative estimate of drug-likeness (QED) is 0.237. The lowest BCUT2D eigenvalue weighted by Crippen LogP contribution is -2.42. The number of aryl methyl sites for hydroxylation is 2. The number of ketones is 1. The number of amides is 1. The number of nitrogens with zero attached hydrogens (tertiary/aromatic N) is 2. The maximum absolute atomic E-state index is 13.5. The van der Waals surface area contributed by atoms with Crippen molar-refractivity contribution in [2.24, 2.45) is 0 Å². The molecule has 0 unspecified atom stereocenters. The summed E-state index contributed by atoms with van der Waals surface area (Å²) in [7, 11) is 0. The number of benzene rings is 3. The van der Waals surface area contributed by atoms with Gasteiger partial charge >= 0.3 is 0 Å². The van der Waals surface area contributed by atoms with Gasteiger partial charge < -0.3 is 19.5 Å². The molecule has 2 aliphatic heterocycles. The number of carbonyl (C=O) groups excluding carboxylic acids is 2. The first-order valence-corrected chi connectivity index (χ1v) is 13.9. The van der Waals surface area contributed by atoms with E-state index in [2.05, 4.69) is 11.8 Å². The van der Waals surface area contributed by atoms with Crippen molar-refractivity contribution in [3.63, 3.8) is 0 Å². The molecule has 2 heterocycles. The zero-order chi connectivity index (χ0) is 28.1. The topological polar surface area (TPSA) is 79.3 Å². The number of hydrogen-bond acceptors (Lipinski definition) is 6. The summed E-state index contributed by atoms with van der Waals surface area (Å²) in [6, 6.07) is 22.5. The van der Waals surface area contributed by atoms with E-state index in [0.29, 0.717) is 44.2 Å². The number of morpholine rings is 1. The van der Waals surface area contributed by atoms with Gasteiger partial charge in [0.2, 0.25) is 0 Å². The second kappa shape index (κ2) is 12.5. The normalized spacial score (nSPS) is 19.2. The molecule has 0 aromatic heterocycles. The lowest BCUT2D eigenvalue weighted by atomic mass is 9.93. The number of Topliss-reactive ketones (excluding diaryl/α,β-unsaturated/α-hetero) is 1. The van der Waals surface area contributed by atoms with Gasteiger partial charge in [-0.2, -0.15) is 0 Å². The molecule has 2 aliphatic rings. The van der Waals surface area contributed by atoms with Crippen LogP contribution in [0.25, 0.3) is 5.76 Å². The number of hydrogen-bond donors (Lipinski definition) is 1. The van der Waals surface area contributed by atoms with Gasteiger partial charge in [0.1, 0.15) is 18.1 Å². The standard InChI is InChI=1S/C33H36N2O5/c1-3-24-9-11-26(12-10-24)30-29(32(37)33(38)35(30)16-15-34-17-19-39-20-18-34)31(36)28-14-13-27(21-23(28)2)40-22-25-7-5-4-6-8-25/h4-14,21,30,36H,3,15-20,22H2,1-2H3/t30-/m1/s1. The molecular weight excluding hydrogens is 504 g/mol. The molecule has 5 rings (SSSR count). The predicted molar refractivity (Wildman–Crippen MR) is 154 cm³/mol. The van der Waals surface area contributed by atoms with E-state index in [1.807, 2.05) is 67.6 Å². The van der Waals surface area contributed by atoms with Crippen LogP contribution in [-0.4, -0.2) is 66.0 Å². The van der Waals surface area contributed by atoms with Crippen LogP contribution in [0.2, 0.25) is 0 Å². The lowest BCUT2D eigenvalue weighted by Gasteiger charge is -2.31. The van der Waals surface area contributed by atoms with Crippen molar-refractivity contribution in [2.45, 2.75) is 32.9 Å². The summed E-state index contributed by atoms with van der Waals surface area (Å²) in [6.45, 7) is 8.28. The highest BCUT2D eigenvalue weighted by Crippen LogP contribution is 2.40. The minimum atomic E-state index is -0.666. The van der Waals surface area contributed by atoms with Gasteiger partial charge in [0, 0.05) is 31.7 Å². The van der Waals surface area contributed by atoms with E-state index < -0.39 is 17.7 Å². The second-order valence-electron chi connectivity index (χ2n) is 10.3. The fourth-order valence-electron chi connectivity index (χ4n) is 5.34. The van der Waals surface area contributed by atoms with Crippen LogP contribution in [0.5, 0.6) is 5.75 Å². The van der Waals surface area contributed by atoms with Crippen molar-refractivity contribution >= 4 is 17.4 Å². The Hall–Kier alpha value is -3.94. The monoisotopic (exact) mass is 540 g/mol. The van der Waals surface area contributed by atoms with Gasteiger partial charge in [0.15, 0.2) is 0 Å². The third-order valence-corrected chi connectivity index (χ3v) is 7.71. The number of likely N-dealkylation sites (tertiary alicyclic amines) is 1. The van der Waals surface area contributed by atoms with Crippen LogP contribution in [0.4, 0.5) is 0 Å². The maximum Gasteiger partial charge on any atom is 0.295 e. The molecule has 0 saturated carbocycles. The number of carbonyl (C=O) groups is 2. The summed E-state index contributed by atoms with van der Waals surface area (Å²) in [4.78, 5) is 30.7. The van der Waals surface area contributed by atoms with Gasteiger partial charge in [-0.05, 0) is 53.8 Å². The summed E-state index contributed by atoms with van der Waals surface area (Å²) in [6.07, 6.45) is 0.884. The molecule has 0 radical (unpaired) electrons. The Balaban J connectivity index is 1.46. The van der Waals surface area contributed by atoms with Gasteiger partial charge in [0.05, 0.1) is 24.8 Å².